The van der Waals surface area contributed by atoms with Gasteiger partial charge in [0.05, 0.1) is 0 Å². The van der Waals surface area contributed by atoms with Crippen LogP contribution in [-0.4, -0.2) is 0 Å². The number of hydrogen-bond acceptors (Lipinski definition) is 0. The first-order valence-electron chi connectivity index (χ1n) is 13.7. The van der Waals surface area contributed by atoms with E-state index < -0.39 is 20.8 Å². The molecule has 0 amide bonds. The summed E-state index contributed by atoms with van der Waals surface area (Å²) in [6, 6.07) is 52.2. The molecular weight excluding hydrogens is 633 g/mol. The van der Waals surface area contributed by atoms with E-state index in [0.717, 1.165) is 0 Å². The minimum Gasteiger partial charge on any atom is -0.699 e. The Balaban J connectivity index is 0.000000147. The Morgan fingerprint density at radius 2 is 0.857 bits per heavy atom. The molecule has 7 aromatic rings. The fraction of sp³-hybridized carbons (Fsp3) is 0.0526. The minimum atomic E-state index is -0.826. The van der Waals surface area contributed by atoms with E-state index in [0.29, 0.717) is 5.69 Å². The molecule has 7 aromatic carbocycles. The number of nitrogens with one attached hydrogen (secondary N) is 1. The molecule has 210 valence electrons. The molecule has 1 N–H and O–H groups in total. The molecule has 0 unspecified atom stereocenters. The van der Waals surface area contributed by atoms with Crippen LogP contribution in [0.2, 0.25) is 0 Å². The van der Waals surface area contributed by atoms with E-state index in [4.69, 9.17) is 22.8 Å². The average molecular weight is 665 g/mol. The van der Waals surface area contributed by atoms with Gasteiger partial charge in [-0.1, -0.05) is 128 Å². The standard InChI is InChI=1S/2C16H13.C6H6N.2ClH.Zr/c2*1-12-10-14-8-5-9-15(16(14)11-12)13-6-3-2-4-7-13;7-6-4-2-1-3-5-6;;;/h2*2-11H,1H3;1-5,7H;2*1H;/q3*-1;;;+2/p-2. The van der Waals surface area contributed by atoms with Gasteiger partial charge in [0.2, 0.25) is 0 Å². The zero-order valence-corrected chi connectivity index (χ0v) is 27.7. The number of benzene rings is 5. The van der Waals surface area contributed by atoms with Crippen molar-refractivity contribution in [2.75, 3.05) is 0 Å². The number of aryl methyl sites for hydroxylation is 2. The quantitative estimate of drug-likeness (QED) is 0.164. The molecule has 0 aromatic heterocycles. The smallest absolute Gasteiger partial charge is 0.0624 e. The fourth-order valence-electron chi connectivity index (χ4n) is 4.95. The van der Waals surface area contributed by atoms with E-state index in [2.05, 4.69) is 135 Å². The summed E-state index contributed by atoms with van der Waals surface area (Å²) in [4.78, 5) is 0. The van der Waals surface area contributed by atoms with Crippen molar-refractivity contribution in [2.24, 2.45) is 0 Å². The molecule has 0 atom stereocenters. The molecule has 1 nitrogen and oxygen atoms in total. The Bertz CT molecular complexity index is 1670. The zero-order chi connectivity index (χ0) is 29.7. The van der Waals surface area contributed by atoms with Crippen molar-refractivity contribution < 1.29 is 20.8 Å². The van der Waals surface area contributed by atoms with Crippen molar-refractivity contribution in [3.05, 3.63) is 169 Å². The Labute approximate surface area is 267 Å². The SMILES string of the molecule is Cc1cc2c(-c3ccccc3)cccc2[cH-]1.Cc1cc2c(-c3ccccc3)cccc2[cH-]1.[Cl][Zr][Cl].[NH-]c1ccccc1. The summed E-state index contributed by atoms with van der Waals surface area (Å²) in [5.41, 5.74) is 15.5. The van der Waals surface area contributed by atoms with E-state index in [1.165, 1.54) is 54.9 Å². The van der Waals surface area contributed by atoms with Crippen LogP contribution in [0.15, 0.2) is 152 Å². The normalized spacial score (nSPS) is 10.0. The largest absolute Gasteiger partial charge is 0.699 e. The fourth-order valence-corrected chi connectivity index (χ4v) is 4.95. The van der Waals surface area contributed by atoms with E-state index in [-0.39, 0.29) is 0 Å². The number of halogens is 2. The molecule has 0 aliphatic carbocycles. The van der Waals surface area contributed by atoms with Crippen LogP contribution >= 0.6 is 17.0 Å². The van der Waals surface area contributed by atoms with Crippen LogP contribution in [-0.2, 0) is 20.8 Å². The van der Waals surface area contributed by atoms with Crippen molar-refractivity contribution in [3.63, 3.8) is 0 Å². The molecular formula is C38H32Cl2NZr-3. The van der Waals surface area contributed by atoms with Crippen LogP contribution < -0.4 is 0 Å². The van der Waals surface area contributed by atoms with Crippen molar-refractivity contribution in [1.82, 2.24) is 0 Å². The molecule has 0 fully saturated rings. The van der Waals surface area contributed by atoms with Gasteiger partial charge in [-0.15, -0.1) is 74.8 Å². The molecule has 0 heterocycles. The second-order valence-electron chi connectivity index (χ2n) is 9.85. The molecule has 42 heavy (non-hydrogen) atoms. The number of rotatable bonds is 2. The van der Waals surface area contributed by atoms with Crippen molar-refractivity contribution in [1.29, 1.82) is 0 Å². The van der Waals surface area contributed by atoms with Crippen LogP contribution in [0.4, 0.5) is 5.69 Å². The maximum atomic E-state index is 7.00. The van der Waals surface area contributed by atoms with Gasteiger partial charge < -0.3 is 5.73 Å². The molecule has 7 rings (SSSR count). The molecule has 0 aliphatic heterocycles. The van der Waals surface area contributed by atoms with Gasteiger partial charge >= 0.3 is 37.9 Å². The maximum absolute atomic E-state index is 7.00. The summed E-state index contributed by atoms with van der Waals surface area (Å²) in [5, 5.41) is 5.37. The Kier molecular flexibility index (Phi) is 12.2. The second-order valence-corrected chi connectivity index (χ2v) is 13.6. The predicted molar refractivity (Wildman–Crippen MR) is 182 cm³/mol. The van der Waals surface area contributed by atoms with Crippen LogP contribution in [0.1, 0.15) is 11.1 Å². The molecule has 0 spiro atoms. The van der Waals surface area contributed by atoms with E-state index >= 15 is 0 Å². The third kappa shape index (κ3) is 8.79. The Morgan fingerprint density at radius 1 is 0.500 bits per heavy atom. The van der Waals surface area contributed by atoms with Gasteiger partial charge in [0.1, 0.15) is 0 Å². The van der Waals surface area contributed by atoms with Gasteiger partial charge in [0.15, 0.2) is 0 Å². The second kappa shape index (κ2) is 16.3. The van der Waals surface area contributed by atoms with Crippen molar-refractivity contribution in [3.8, 4) is 22.3 Å². The van der Waals surface area contributed by atoms with E-state index in [1.807, 2.05) is 18.2 Å². The van der Waals surface area contributed by atoms with Gasteiger partial charge in [-0.3, -0.25) is 0 Å². The topological polar surface area (TPSA) is 23.8 Å². The first-order chi connectivity index (χ1) is 20.5. The Hall–Kier alpha value is -3.42. The third-order valence-electron chi connectivity index (χ3n) is 6.73. The van der Waals surface area contributed by atoms with Crippen molar-refractivity contribution in [2.45, 2.75) is 13.8 Å². The molecule has 0 saturated carbocycles. The number of fused-ring (bicyclic) bond motifs is 2. The molecule has 0 bridgehead atoms. The first kappa shape index (κ1) is 31.5. The van der Waals surface area contributed by atoms with Gasteiger partial charge in [-0.2, -0.15) is 12.1 Å². The van der Waals surface area contributed by atoms with Crippen LogP contribution in [0.25, 0.3) is 49.5 Å². The summed E-state index contributed by atoms with van der Waals surface area (Å²) < 4.78 is 0. The Morgan fingerprint density at radius 3 is 1.19 bits per heavy atom. The minimum absolute atomic E-state index is 0.572. The molecule has 0 saturated heterocycles. The summed E-state index contributed by atoms with van der Waals surface area (Å²) >= 11 is -0.826. The van der Waals surface area contributed by atoms with Gasteiger partial charge in [0, 0.05) is 0 Å². The summed E-state index contributed by atoms with van der Waals surface area (Å²) in [5.74, 6) is 0. The first-order valence-corrected chi connectivity index (χ1v) is 20.0. The summed E-state index contributed by atoms with van der Waals surface area (Å²) in [7, 11) is 9.87. The van der Waals surface area contributed by atoms with Crippen LogP contribution in [0, 0.1) is 13.8 Å². The van der Waals surface area contributed by atoms with Crippen LogP contribution in [0.3, 0.4) is 0 Å². The van der Waals surface area contributed by atoms with Gasteiger partial charge in [-0.25, -0.2) is 0 Å². The molecule has 0 aliphatic rings. The molecule has 0 radical (unpaired) electrons. The third-order valence-corrected chi connectivity index (χ3v) is 6.73. The van der Waals surface area contributed by atoms with Crippen LogP contribution in [0.5, 0.6) is 0 Å². The van der Waals surface area contributed by atoms with Gasteiger partial charge in [-0.05, 0) is 11.1 Å². The number of hydrogen-bond donors (Lipinski definition) is 0. The van der Waals surface area contributed by atoms with E-state index in [9.17, 15) is 0 Å². The zero-order valence-electron chi connectivity index (χ0n) is 23.7. The monoisotopic (exact) mass is 662 g/mol. The maximum Gasteiger partial charge on any atom is -0.0624 e. The predicted octanol–water partition coefficient (Wildman–Crippen LogP) is 12.8. The van der Waals surface area contributed by atoms with Crippen molar-refractivity contribution >= 4 is 44.3 Å². The average Bonchev–Trinajstić information content (AvgIpc) is 3.60. The summed E-state index contributed by atoms with van der Waals surface area (Å²) in [6.45, 7) is 4.30. The van der Waals surface area contributed by atoms with Gasteiger partial charge in [0.25, 0.3) is 0 Å². The molecule has 4 heteroatoms. The summed E-state index contributed by atoms with van der Waals surface area (Å²) in [6.07, 6.45) is 0. The van der Waals surface area contributed by atoms with E-state index in [1.54, 1.807) is 12.1 Å².